The Labute approximate surface area is 73.6 Å². The van der Waals surface area contributed by atoms with Gasteiger partial charge in [-0.1, -0.05) is 0 Å². The lowest BCUT2D eigenvalue weighted by atomic mass is 10.2. The van der Waals surface area contributed by atoms with E-state index < -0.39 is 5.97 Å². The number of carbonyl (C=O) groups is 1. The number of fused-ring (bicyclic) bond motifs is 1. The quantitative estimate of drug-likeness (QED) is 0.753. The first kappa shape index (κ1) is 7.61. The zero-order chi connectivity index (χ0) is 8.55. The van der Waals surface area contributed by atoms with E-state index in [1.165, 1.54) is 11.3 Å². The van der Waals surface area contributed by atoms with Crippen LogP contribution in [-0.4, -0.2) is 17.7 Å². The van der Waals surface area contributed by atoms with Gasteiger partial charge in [-0.15, -0.1) is 11.3 Å². The maximum absolute atomic E-state index is 10.4. The number of thiophene rings is 1. The molecule has 1 aromatic heterocycles. The minimum Gasteiger partial charge on any atom is -0.483 e. The number of hydrogen-bond donors (Lipinski definition) is 1. The van der Waals surface area contributed by atoms with Crippen molar-refractivity contribution in [2.24, 2.45) is 0 Å². The Bertz CT molecular complexity index is 295. The highest BCUT2D eigenvalue weighted by Crippen LogP contribution is 2.34. The molecule has 0 atom stereocenters. The van der Waals surface area contributed by atoms with Crippen LogP contribution in [0.3, 0.4) is 0 Å². The summed E-state index contributed by atoms with van der Waals surface area (Å²) in [6.07, 6.45) is 1.03. The van der Waals surface area contributed by atoms with Gasteiger partial charge in [-0.3, -0.25) is 4.79 Å². The molecule has 2 rings (SSSR count). The fraction of sp³-hybridized carbons (Fsp3) is 0.375. The molecular formula is C8H8O3S. The van der Waals surface area contributed by atoms with Crippen LogP contribution in [0, 0.1) is 0 Å². The molecule has 3 nitrogen and oxygen atoms in total. The van der Waals surface area contributed by atoms with E-state index in [1.54, 1.807) is 0 Å². The summed E-state index contributed by atoms with van der Waals surface area (Å²) in [5.74, 6) is -0.782. The van der Waals surface area contributed by atoms with Gasteiger partial charge in [0.2, 0.25) is 0 Å². The van der Waals surface area contributed by atoms with Gasteiger partial charge >= 0.3 is 5.97 Å². The highest BCUT2D eigenvalue weighted by molar-refractivity contribution is 7.14. The lowest BCUT2D eigenvalue weighted by molar-refractivity contribution is -0.136. The maximum atomic E-state index is 10.4. The number of hydrogen-bond acceptors (Lipinski definition) is 3. The molecule has 1 aromatic rings. The molecule has 0 aromatic carbocycles. The lowest BCUT2D eigenvalue weighted by Crippen LogP contribution is -1.97. The standard InChI is InChI=1S/C8H8O3S/c9-7(10)4-6-3-5-1-2-11-8(5)12-6/h3H,1-2,4H2,(H,9,10). The molecule has 1 N–H and O–H groups in total. The molecule has 0 radical (unpaired) electrons. The van der Waals surface area contributed by atoms with Crippen LogP contribution in [-0.2, 0) is 17.6 Å². The average Bonchev–Trinajstić information content (AvgIpc) is 2.43. The Balaban J connectivity index is 2.20. The van der Waals surface area contributed by atoms with Crippen LogP contribution in [0.1, 0.15) is 10.4 Å². The molecular weight excluding hydrogens is 176 g/mol. The van der Waals surface area contributed by atoms with Crippen LogP contribution in [0.25, 0.3) is 0 Å². The Hall–Kier alpha value is -1.03. The van der Waals surface area contributed by atoms with E-state index in [-0.39, 0.29) is 6.42 Å². The number of aliphatic carboxylic acids is 1. The molecule has 0 bridgehead atoms. The third-order valence-electron chi connectivity index (χ3n) is 1.75. The summed E-state index contributed by atoms with van der Waals surface area (Å²) in [6.45, 7) is 0.745. The largest absolute Gasteiger partial charge is 0.483 e. The van der Waals surface area contributed by atoms with E-state index in [4.69, 9.17) is 9.84 Å². The smallest absolute Gasteiger partial charge is 0.308 e. The first-order chi connectivity index (χ1) is 5.75. The third-order valence-corrected chi connectivity index (χ3v) is 2.84. The van der Waals surface area contributed by atoms with Gasteiger partial charge in [-0.05, 0) is 6.07 Å². The van der Waals surface area contributed by atoms with E-state index in [1.807, 2.05) is 6.07 Å². The Morgan fingerprint density at radius 1 is 1.75 bits per heavy atom. The van der Waals surface area contributed by atoms with Gasteiger partial charge in [0.05, 0.1) is 13.0 Å². The first-order valence-corrected chi connectivity index (χ1v) is 4.53. The van der Waals surface area contributed by atoms with Crippen molar-refractivity contribution in [3.8, 4) is 5.06 Å². The van der Waals surface area contributed by atoms with Gasteiger partial charge in [0.1, 0.15) is 0 Å². The fourth-order valence-electron chi connectivity index (χ4n) is 1.25. The molecule has 0 unspecified atom stereocenters. The van der Waals surface area contributed by atoms with Crippen molar-refractivity contribution in [3.63, 3.8) is 0 Å². The minimum atomic E-state index is -0.782. The summed E-state index contributed by atoms with van der Waals surface area (Å²) in [7, 11) is 0. The predicted octanol–water partition coefficient (Wildman–Crippen LogP) is 1.31. The number of ether oxygens (including phenoxy) is 1. The van der Waals surface area contributed by atoms with Crippen molar-refractivity contribution < 1.29 is 14.6 Å². The highest BCUT2D eigenvalue weighted by atomic mass is 32.1. The van der Waals surface area contributed by atoms with Crippen LogP contribution >= 0.6 is 11.3 Å². The zero-order valence-electron chi connectivity index (χ0n) is 6.37. The van der Waals surface area contributed by atoms with Gasteiger partial charge < -0.3 is 9.84 Å². The average molecular weight is 184 g/mol. The van der Waals surface area contributed by atoms with Gasteiger partial charge in [-0.2, -0.15) is 0 Å². The molecule has 2 heterocycles. The Morgan fingerprint density at radius 2 is 2.58 bits per heavy atom. The number of carboxylic acid groups (broad SMARTS) is 1. The van der Waals surface area contributed by atoms with Crippen molar-refractivity contribution in [2.45, 2.75) is 12.8 Å². The van der Waals surface area contributed by atoms with Gasteiger partial charge in [-0.25, -0.2) is 0 Å². The molecule has 0 fully saturated rings. The second-order valence-electron chi connectivity index (χ2n) is 2.69. The van der Waals surface area contributed by atoms with Gasteiger partial charge in [0.15, 0.2) is 5.06 Å². The highest BCUT2D eigenvalue weighted by Gasteiger charge is 2.16. The van der Waals surface area contributed by atoms with Crippen molar-refractivity contribution in [1.29, 1.82) is 0 Å². The van der Waals surface area contributed by atoms with Crippen LogP contribution < -0.4 is 4.74 Å². The molecule has 0 saturated heterocycles. The van der Waals surface area contributed by atoms with Crippen molar-refractivity contribution >= 4 is 17.3 Å². The van der Waals surface area contributed by atoms with Crippen molar-refractivity contribution in [2.75, 3.05) is 6.61 Å². The molecule has 0 aliphatic carbocycles. The summed E-state index contributed by atoms with van der Waals surface area (Å²) >= 11 is 1.45. The van der Waals surface area contributed by atoms with E-state index in [9.17, 15) is 4.79 Å². The van der Waals surface area contributed by atoms with Crippen LogP contribution in [0.5, 0.6) is 5.06 Å². The van der Waals surface area contributed by atoms with Crippen LogP contribution in [0.2, 0.25) is 0 Å². The predicted molar refractivity (Wildman–Crippen MR) is 44.9 cm³/mol. The first-order valence-electron chi connectivity index (χ1n) is 3.72. The summed E-state index contributed by atoms with van der Waals surface area (Å²) in [6, 6.07) is 1.93. The third kappa shape index (κ3) is 1.30. The maximum Gasteiger partial charge on any atom is 0.308 e. The summed E-state index contributed by atoms with van der Waals surface area (Å²) in [4.78, 5) is 11.2. The molecule has 12 heavy (non-hydrogen) atoms. The molecule has 0 amide bonds. The van der Waals surface area contributed by atoms with Crippen molar-refractivity contribution in [3.05, 3.63) is 16.5 Å². The van der Waals surface area contributed by atoms with E-state index in [0.29, 0.717) is 0 Å². The van der Waals surface area contributed by atoms with E-state index >= 15 is 0 Å². The number of rotatable bonds is 2. The zero-order valence-corrected chi connectivity index (χ0v) is 7.19. The SMILES string of the molecule is O=C(O)Cc1cc2c(s1)OCC2. The molecule has 64 valence electrons. The number of carboxylic acids is 1. The Morgan fingerprint density at radius 3 is 3.25 bits per heavy atom. The second-order valence-corrected chi connectivity index (χ2v) is 3.79. The summed E-state index contributed by atoms with van der Waals surface area (Å²) in [5.41, 5.74) is 1.16. The Kier molecular flexibility index (Phi) is 1.77. The van der Waals surface area contributed by atoms with Gasteiger partial charge in [0, 0.05) is 16.9 Å². The fourth-order valence-corrected chi connectivity index (χ4v) is 2.32. The second kappa shape index (κ2) is 2.79. The molecule has 0 spiro atoms. The van der Waals surface area contributed by atoms with Crippen LogP contribution in [0.15, 0.2) is 6.07 Å². The molecule has 4 heteroatoms. The normalized spacial score (nSPS) is 14.0. The van der Waals surface area contributed by atoms with E-state index in [2.05, 4.69) is 0 Å². The minimum absolute atomic E-state index is 0.112. The topological polar surface area (TPSA) is 46.5 Å². The lowest BCUT2D eigenvalue weighted by Gasteiger charge is -1.91. The van der Waals surface area contributed by atoms with Crippen molar-refractivity contribution in [1.82, 2.24) is 0 Å². The van der Waals surface area contributed by atoms with E-state index in [0.717, 1.165) is 28.5 Å². The molecule has 1 aliphatic rings. The summed E-state index contributed by atoms with van der Waals surface area (Å²) < 4.78 is 5.29. The van der Waals surface area contributed by atoms with Gasteiger partial charge in [0.25, 0.3) is 0 Å². The molecule has 0 saturated carbocycles. The monoisotopic (exact) mass is 184 g/mol. The molecule has 1 aliphatic heterocycles. The summed E-state index contributed by atoms with van der Waals surface area (Å²) in [5, 5.41) is 9.43. The van der Waals surface area contributed by atoms with Crippen LogP contribution in [0.4, 0.5) is 0 Å².